The van der Waals surface area contributed by atoms with E-state index in [9.17, 15) is 19.1 Å². The molecule has 0 aliphatic rings. The molecule has 2 N–H and O–H groups in total. The largest absolute Gasteiger partial charge is 0.507 e. The van der Waals surface area contributed by atoms with Gasteiger partial charge in [-0.3, -0.25) is 0 Å². The van der Waals surface area contributed by atoms with Gasteiger partial charge in [-0.05, 0) is 24.3 Å². The van der Waals surface area contributed by atoms with Crippen molar-refractivity contribution in [2.24, 2.45) is 5.16 Å². The van der Waals surface area contributed by atoms with Crippen molar-refractivity contribution in [2.45, 2.75) is 0 Å². The molecule has 0 atom stereocenters. The lowest BCUT2D eigenvalue weighted by atomic mass is 10.0. The third-order valence-corrected chi connectivity index (χ3v) is 3.28. The summed E-state index contributed by atoms with van der Waals surface area (Å²) in [6.07, 6.45) is 2.87. The number of para-hydroxylation sites is 1. The second-order valence-corrected chi connectivity index (χ2v) is 4.74. The van der Waals surface area contributed by atoms with E-state index < -0.39 is 11.6 Å². The smallest absolute Gasteiger partial charge is 0.160 e. The summed E-state index contributed by atoms with van der Waals surface area (Å²) in [6.45, 7) is 0. The molecule has 0 amide bonds. The summed E-state index contributed by atoms with van der Waals surface area (Å²) in [5.74, 6) is -2.00. The van der Waals surface area contributed by atoms with Gasteiger partial charge in [-0.2, -0.15) is 5.10 Å². The van der Waals surface area contributed by atoms with Crippen molar-refractivity contribution in [1.82, 2.24) is 9.78 Å². The molecule has 1 heterocycles. The Bertz CT molecular complexity index is 891. The van der Waals surface area contributed by atoms with Crippen LogP contribution in [0.2, 0.25) is 0 Å². The predicted octanol–water partition coefficient (Wildman–Crippen LogP) is 3.08. The molecule has 0 unspecified atom stereocenters. The Morgan fingerprint density at radius 3 is 2.57 bits per heavy atom. The number of phenols is 1. The summed E-state index contributed by atoms with van der Waals surface area (Å²) in [5.41, 5.74) is 1.14. The molecule has 2 aromatic carbocycles. The number of benzene rings is 2. The molecule has 0 fully saturated rings. The standard InChI is InChI=1S/C16H11F2N3O2/c17-13-6-5-11(7-14(13)18)21-9-10(8-19-21)16(20-23)12-3-1-2-4-15(12)22/h1-9,22-23H/b20-16+. The monoisotopic (exact) mass is 315 g/mol. The molecule has 5 nitrogen and oxygen atoms in total. The van der Waals surface area contributed by atoms with Crippen LogP contribution in [0.4, 0.5) is 8.78 Å². The van der Waals surface area contributed by atoms with Crippen LogP contribution in [0.3, 0.4) is 0 Å². The number of nitrogens with zero attached hydrogens (tertiary/aromatic N) is 3. The van der Waals surface area contributed by atoms with Gasteiger partial charge in [-0.15, -0.1) is 0 Å². The van der Waals surface area contributed by atoms with Crippen molar-refractivity contribution in [3.63, 3.8) is 0 Å². The first-order valence-corrected chi connectivity index (χ1v) is 6.61. The fraction of sp³-hybridized carbons (Fsp3) is 0. The third kappa shape index (κ3) is 2.76. The van der Waals surface area contributed by atoms with Gasteiger partial charge >= 0.3 is 0 Å². The minimum absolute atomic E-state index is 0.0547. The first-order valence-electron chi connectivity index (χ1n) is 6.61. The molecule has 0 radical (unpaired) electrons. The zero-order valence-electron chi connectivity index (χ0n) is 11.7. The first-order chi connectivity index (χ1) is 11.1. The van der Waals surface area contributed by atoms with Gasteiger partial charge in [0.1, 0.15) is 11.5 Å². The number of rotatable bonds is 3. The summed E-state index contributed by atoms with van der Waals surface area (Å²) < 4.78 is 27.6. The Hall–Kier alpha value is -3.22. The summed E-state index contributed by atoms with van der Waals surface area (Å²) in [6, 6.07) is 9.72. The van der Waals surface area contributed by atoms with E-state index in [1.165, 1.54) is 29.2 Å². The van der Waals surface area contributed by atoms with Crippen molar-refractivity contribution in [2.75, 3.05) is 0 Å². The lowest BCUT2D eigenvalue weighted by Gasteiger charge is -2.04. The second kappa shape index (κ2) is 5.88. The van der Waals surface area contributed by atoms with Crippen LogP contribution in [0.25, 0.3) is 5.69 Å². The van der Waals surface area contributed by atoms with E-state index in [1.807, 2.05) is 0 Å². The molecule has 3 rings (SSSR count). The zero-order valence-corrected chi connectivity index (χ0v) is 11.7. The molecular weight excluding hydrogens is 304 g/mol. The van der Waals surface area contributed by atoms with Gasteiger partial charge in [-0.1, -0.05) is 17.3 Å². The SMILES string of the molecule is O/N=C(\c1cnn(-c2ccc(F)c(F)c2)c1)c1ccccc1O. The molecule has 1 aromatic heterocycles. The highest BCUT2D eigenvalue weighted by Gasteiger charge is 2.15. The molecule has 0 aliphatic heterocycles. The number of aromatic nitrogens is 2. The van der Waals surface area contributed by atoms with Crippen LogP contribution >= 0.6 is 0 Å². The second-order valence-electron chi connectivity index (χ2n) is 4.74. The Balaban J connectivity index is 2.01. The number of phenolic OH excluding ortho intramolecular Hbond substituents is 1. The van der Waals surface area contributed by atoms with Crippen molar-refractivity contribution in [3.05, 3.63) is 77.6 Å². The average molecular weight is 315 g/mol. The lowest BCUT2D eigenvalue weighted by Crippen LogP contribution is -2.03. The highest BCUT2D eigenvalue weighted by molar-refractivity contribution is 6.13. The normalized spacial score (nSPS) is 11.7. The highest BCUT2D eigenvalue weighted by Crippen LogP contribution is 2.21. The minimum Gasteiger partial charge on any atom is -0.507 e. The topological polar surface area (TPSA) is 70.6 Å². The van der Waals surface area contributed by atoms with Crippen LogP contribution in [0, 0.1) is 11.6 Å². The van der Waals surface area contributed by atoms with E-state index in [1.54, 1.807) is 18.2 Å². The highest BCUT2D eigenvalue weighted by atomic mass is 19.2. The van der Waals surface area contributed by atoms with Gasteiger partial charge in [0.2, 0.25) is 0 Å². The van der Waals surface area contributed by atoms with Crippen molar-refractivity contribution in [3.8, 4) is 11.4 Å². The van der Waals surface area contributed by atoms with Gasteiger partial charge in [0, 0.05) is 23.4 Å². The fourth-order valence-corrected chi connectivity index (χ4v) is 2.15. The van der Waals surface area contributed by atoms with E-state index in [-0.39, 0.29) is 11.5 Å². The molecule has 0 spiro atoms. The molecule has 3 aromatic rings. The van der Waals surface area contributed by atoms with Gasteiger partial charge in [-0.25, -0.2) is 13.5 Å². The number of aromatic hydroxyl groups is 1. The maximum absolute atomic E-state index is 13.3. The van der Waals surface area contributed by atoms with Gasteiger partial charge in [0.15, 0.2) is 11.6 Å². The van der Waals surface area contributed by atoms with E-state index in [0.717, 1.165) is 12.1 Å². The maximum atomic E-state index is 13.3. The van der Waals surface area contributed by atoms with Gasteiger partial charge in [0.25, 0.3) is 0 Å². The van der Waals surface area contributed by atoms with E-state index >= 15 is 0 Å². The summed E-state index contributed by atoms with van der Waals surface area (Å²) in [7, 11) is 0. The third-order valence-electron chi connectivity index (χ3n) is 3.28. The van der Waals surface area contributed by atoms with Crippen LogP contribution in [0.15, 0.2) is 60.0 Å². The summed E-state index contributed by atoms with van der Waals surface area (Å²) in [4.78, 5) is 0. The average Bonchev–Trinajstić information content (AvgIpc) is 3.02. The molecule has 0 bridgehead atoms. The molecule has 0 aliphatic carbocycles. The number of halogens is 2. The number of oxime groups is 1. The Kier molecular flexibility index (Phi) is 3.76. The molecule has 0 saturated carbocycles. The fourth-order valence-electron chi connectivity index (χ4n) is 2.15. The number of hydrogen-bond donors (Lipinski definition) is 2. The van der Waals surface area contributed by atoms with E-state index in [2.05, 4.69) is 10.3 Å². The van der Waals surface area contributed by atoms with Crippen molar-refractivity contribution in [1.29, 1.82) is 0 Å². The van der Waals surface area contributed by atoms with Crippen LogP contribution in [0.5, 0.6) is 5.75 Å². The van der Waals surface area contributed by atoms with E-state index in [0.29, 0.717) is 16.8 Å². The van der Waals surface area contributed by atoms with Crippen LogP contribution < -0.4 is 0 Å². The quantitative estimate of drug-likeness (QED) is 0.443. The zero-order chi connectivity index (χ0) is 16.4. The number of hydrogen-bond acceptors (Lipinski definition) is 4. The van der Waals surface area contributed by atoms with Crippen LogP contribution in [-0.4, -0.2) is 25.8 Å². The summed E-state index contributed by atoms with van der Waals surface area (Å²) in [5, 5.41) is 26.3. The predicted molar refractivity (Wildman–Crippen MR) is 79.0 cm³/mol. The lowest BCUT2D eigenvalue weighted by molar-refractivity contribution is 0.319. The molecule has 7 heteroatoms. The summed E-state index contributed by atoms with van der Waals surface area (Å²) >= 11 is 0. The Labute approximate surface area is 129 Å². The first kappa shape index (κ1) is 14.7. The molecule has 116 valence electrons. The van der Waals surface area contributed by atoms with Crippen LogP contribution in [0.1, 0.15) is 11.1 Å². The van der Waals surface area contributed by atoms with E-state index in [4.69, 9.17) is 0 Å². The molecule has 23 heavy (non-hydrogen) atoms. The van der Waals surface area contributed by atoms with Gasteiger partial charge < -0.3 is 10.3 Å². The van der Waals surface area contributed by atoms with Crippen LogP contribution in [-0.2, 0) is 0 Å². The van der Waals surface area contributed by atoms with Crippen molar-refractivity contribution < 1.29 is 19.1 Å². The Morgan fingerprint density at radius 2 is 1.87 bits per heavy atom. The van der Waals surface area contributed by atoms with Crippen molar-refractivity contribution >= 4 is 5.71 Å². The molecular formula is C16H11F2N3O2. The minimum atomic E-state index is -0.990. The maximum Gasteiger partial charge on any atom is 0.160 e. The molecule has 0 saturated heterocycles. The Morgan fingerprint density at radius 1 is 1.09 bits per heavy atom. The van der Waals surface area contributed by atoms with Gasteiger partial charge in [0.05, 0.1) is 11.9 Å².